The lowest BCUT2D eigenvalue weighted by atomic mass is 10.4. The first-order chi connectivity index (χ1) is 4.59. The summed E-state index contributed by atoms with van der Waals surface area (Å²) in [5.74, 6) is 4.35. The minimum Gasteiger partial charge on any atom is -0.483 e. The third-order valence-electron chi connectivity index (χ3n) is 0.556. The Morgan fingerprint density at radius 2 is 2.10 bits per heavy atom. The average Bonchev–Trinajstić information content (AvgIpc) is 1.88. The van der Waals surface area contributed by atoms with E-state index >= 15 is 0 Å². The van der Waals surface area contributed by atoms with Gasteiger partial charge >= 0.3 is 0 Å². The Kier molecular flexibility index (Phi) is 9.14. The summed E-state index contributed by atoms with van der Waals surface area (Å²) < 4.78 is 0. The van der Waals surface area contributed by atoms with E-state index in [9.17, 15) is 4.79 Å². The molecule has 0 aromatic carbocycles. The second-order valence-electron chi connectivity index (χ2n) is 1.40. The van der Waals surface area contributed by atoms with E-state index in [0.717, 1.165) is 0 Å². The minimum absolute atomic E-state index is 0.250. The second kappa shape index (κ2) is 7.86. The molecule has 10 heavy (non-hydrogen) atoms. The van der Waals surface area contributed by atoms with Crippen LogP contribution in [0.15, 0.2) is 0 Å². The van der Waals surface area contributed by atoms with Gasteiger partial charge in [0.1, 0.15) is 0 Å². The van der Waals surface area contributed by atoms with E-state index in [0.29, 0.717) is 0 Å². The lowest BCUT2D eigenvalue weighted by Gasteiger charge is -1.98. The Morgan fingerprint density at radius 1 is 1.80 bits per heavy atom. The summed E-state index contributed by atoms with van der Waals surface area (Å²) in [4.78, 5) is 18.5. The molecule has 60 valence electrons. The van der Waals surface area contributed by atoms with Gasteiger partial charge in [-0.05, 0) is 6.92 Å². The van der Waals surface area contributed by atoms with Crippen molar-refractivity contribution in [2.45, 2.75) is 13.0 Å². The van der Waals surface area contributed by atoms with Crippen molar-refractivity contribution in [3.8, 4) is 0 Å². The van der Waals surface area contributed by atoms with Gasteiger partial charge in [-0.25, -0.2) is 5.84 Å². The van der Waals surface area contributed by atoms with Crippen molar-refractivity contribution in [1.29, 1.82) is 0 Å². The number of nitrogens with two attached hydrogens (primary N) is 2. The number of hydrogen-bond acceptors (Lipinski definition) is 4. The fourth-order valence-electron chi connectivity index (χ4n) is 0.131. The number of carbonyl (C=O) groups is 2. The average molecular weight is 149 g/mol. The maximum atomic E-state index is 10.2. The van der Waals surface area contributed by atoms with Gasteiger partial charge in [-0.1, -0.05) is 0 Å². The smallest absolute Gasteiger partial charge is 0.290 e. The van der Waals surface area contributed by atoms with Crippen LogP contribution in [0.1, 0.15) is 6.92 Å². The predicted octanol–water partition coefficient (Wildman–Crippen LogP) is -1.98. The van der Waals surface area contributed by atoms with E-state index in [4.69, 9.17) is 21.5 Å². The predicted molar refractivity (Wildman–Crippen MR) is 34.7 cm³/mol. The topological polar surface area (TPSA) is 118 Å². The van der Waals surface area contributed by atoms with Crippen molar-refractivity contribution < 1.29 is 14.7 Å². The van der Waals surface area contributed by atoms with Crippen LogP contribution in [0.3, 0.4) is 0 Å². The standard InChI is InChI=1S/C3H9N3O.CH2O2/c1-2(4)3(7)6-5;2-1-3/h2H,4-5H2,1H3,(H,6,7);1H,(H,2,3). The summed E-state index contributed by atoms with van der Waals surface area (Å²) in [5, 5.41) is 6.89. The Labute approximate surface area is 58.2 Å². The first kappa shape index (κ1) is 11.6. The molecule has 0 aromatic heterocycles. The fourth-order valence-corrected chi connectivity index (χ4v) is 0.131. The third kappa shape index (κ3) is 9.97. The van der Waals surface area contributed by atoms with E-state index in [1.807, 2.05) is 5.43 Å². The van der Waals surface area contributed by atoms with Crippen LogP contribution >= 0.6 is 0 Å². The first-order valence-electron chi connectivity index (χ1n) is 2.44. The molecule has 1 unspecified atom stereocenters. The van der Waals surface area contributed by atoms with E-state index < -0.39 is 6.04 Å². The third-order valence-corrected chi connectivity index (χ3v) is 0.556. The zero-order valence-electron chi connectivity index (χ0n) is 5.57. The van der Waals surface area contributed by atoms with Crippen molar-refractivity contribution in [2.75, 3.05) is 0 Å². The second-order valence-corrected chi connectivity index (χ2v) is 1.40. The van der Waals surface area contributed by atoms with Crippen LogP contribution in [-0.2, 0) is 9.59 Å². The zero-order valence-corrected chi connectivity index (χ0v) is 5.57. The number of nitrogens with one attached hydrogen (secondary N) is 1. The van der Waals surface area contributed by atoms with Crippen LogP contribution in [0, 0.1) is 0 Å². The molecule has 6 nitrogen and oxygen atoms in total. The molecule has 0 spiro atoms. The summed E-state index contributed by atoms with van der Waals surface area (Å²) in [6.45, 7) is 1.31. The van der Waals surface area contributed by atoms with E-state index in [-0.39, 0.29) is 12.4 Å². The Hall–Kier alpha value is -1.14. The molecule has 0 rings (SSSR count). The summed E-state index contributed by atoms with van der Waals surface area (Å²) in [7, 11) is 0. The van der Waals surface area contributed by atoms with Gasteiger partial charge in [0.15, 0.2) is 0 Å². The van der Waals surface area contributed by atoms with Gasteiger partial charge in [0.2, 0.25) is 5.91 Å². The van der Waals surface area contributed by atoms with Gasteiger partial charge in [0, 0.05) is 0 Å². The SMILES string of the molecule is CC(N)C(=O)NN.O=CO. The monoisotopic (exact) mass is 149 g/mol. The molecule has 0 aromatic rings. The van der Waals surface area contributed by atoms with E-state index in [1.54, 1.807) is 6.92 Å². The van der Waals surface area contributed by atoms with Crippen molar-refractivity contribution >= 4 is 12.4 Å². The number of hydrazine groups is 1. The van der Waals surface area contributed by atoms with Crippen LogP contribution in [0.2, 0.25) is 0 Å². The van der Waals surface area contributed by atoms with Crippen molar-refractivity contribution in [1.82, 2.24) is 5.43 Å². The molecular weight excluding hydrogens is 138 g/mol. The van der Waals surface area contributed by atoms with Crippen LogP contribution in [0.4, 0.5) is 0 Å². The molecule has 0 radical (unpaired) electrons. The Balaban J connectivity index is 0. The maximum absolute atomic E-state index is 10.2. The largest absolute Gasteiger partial charge is 0.483 e. The van der Waals surface area contributed by atoms with E-state index in [1.165, 1.54) is 0 Å². The van der Waals surface area contributed by atoms with Crippen LogP contribution in [-0.4, -0.2) is 23.5 Å². The van der Waals surface area contributed by atoms with Crippen LogP contribution in [0.5, 0.6) is 0 Å². The lowest BCUT2D eigenvalue weighted by molar-refractivity contribution is -0.123. The molecule has 6 N–H and O–H groups in total. The highest BCUT2D eigenvalue weighted by Gasteiger charge is 2.01. The maximum Gasteiger partial charge on any atom is 0.290 e. The molecule has 0 aliphatic heterocycles. The molecule has 0 bridgehead atoms. The van der Waals surface area contributed by atoms with Crippen molar-refractivity contribution in [3.63, 3.8) is 0 Å². The highest BCUT2D eigenvalue weighted by molar-refractivity contribution is 5.80. The number of carboxylic acid groups (broad SMARTS) is 1. The molecule has 0 heterocycles. The molecule has 0 aliphatic rings. The molecule has 6 heteroatoms. The van der Waals surface area contributed by atoms with Crippen LogP contribution in [0.25, 0.3) is 0 Å². The summed E-state index contributed by atoms with van der Waals surface area (Å²) in [6.07, 6.45) is 0. The fraction of sp³-hybridized carbons (Fsp3) is 0.500. The van der Waals surface area contributed by atoms with Crippen LogP contribution < -0.4 is 17.0 Å². The molecule has 1 amide bonds. The minimum atomic E-state index is -0.509. The normalized spacial score (nSPS) is 10.3. The number of amides is 1. The molecule has 1 atom stereocenters. The highest BCUT2D eigenvalue weighted by Crippen LogP contribution is 1.67. The number of rotatable bonds is 1. The molecule has 0 fully saturated rings. The molecule has 0 saturated heterocycles. The van der Waals surface area contributed by atoms with Crippen molar-refractivity contribution in [3.05, 3.63) is 0 Å². The number of carbonyl (C=O) groups excluding carboxylic acids is 1. The van der Waals surface area contributed by atoms with Gasteiger partial charge in [-0.3, -0.25) is 15.0 Å². The van der Waals surface area contributed by atoms with E-state index in [2.05, 4.69) is 0 Å². The highest BCUT2D eigenvalue weighted by atomic mass is 16.3. The van der Waals surface area contributed by atoms with Gasteiger partial charge < -0.3 is 10.8 Å². The Bertz CT molecular complexity index is 104. The summed E-state index contributed by atoms with van der Waals surface area (Å²) >= 11 is 0. The molecule has 0 saturated carbocycles. The zero-order chi connectivity index (χ0) is 8.57. The quantitative estimate of drug-likeness (QED) is 0.149. The molecule has 0 aliphatic carbocycles. The summed E-state index contributed by atoms with van der Waals surface area (Å²) in [6, 6.07) is -0.509. The molecular formula is C4H11N3O3. The van der Waals surface area contributed by atoms with Crippen molar-refractivity contribution in [2.24, 2.45) is 11.6 Å². The van der Waals surface area contributed by atoms with Gasteiger partial charge in [0.25, 0.3) is 6.47 Å². The summed E-state index contributed by atoms with van der Waals surface area (Å²) in [5.41, 5.74) is 6.95. The number of hydrogen-bond donors (Lipinski definition) is 4. The van der Waals surface area contributed by atoms with Gasteiger partial charge in [-0.15, -0.1) is 0 Å². The van der Waals surface area contributed by atoms with Gasteiger partial charge in [0.05, 0.1) is 6.04 Å². The first-order valence-corrected chi connectivity index (χ1v) is 2.44. The Morgan fingerprint density at radius 3 is 2.10 bits per heavy atom. The lowest BCUT2D eigenvalue weighted by Crippen LogP contribution is -2.41. The van der Waals surface area contributed by atoms with Gasteiger partial charge in [-0.2, -0.15) is 0 Å².